The summed E-state index contributed by atoms with van der Waals surface area (Å²) in [6.45, 7) is 6.23. The number of carbonyl (C=O) groups is 1. The van der Waals surface area contributed by atoms with Gasteiger partial charge in [-0.1, -0.05) is 19.1 Å². The number of benzene rings is 1. The Morgan fingerprint density at radius 2 is 2.24 bits per heavy atom. The molecule has 21 heavy (non-hydrogen) atoms. The molecule has 0 aliphatic carbocycles. The number of aryl methyl sites for hydroxylation is 1. The molecule has 1 atom stereocenters. The zero-order valence-corrected chi connectivity index (χ0v) is 14.4. The van der Waals surface area contributed by atoms with Crippen molar-refractivity contribution in [2.45, 2.75) is 33.2 Å². The molecule has 1 aromatic heterocycles. The maximum Gasteiger partial charge on any atom is 0.263 e. The molecule has 1 amide bonds. The van der Waals surface area contributed by atoms with Crippen LogP contribution >= 0.6 is 23.1 Å². The highest BCUT2D eigenvalue weighted by molar-refractivity contribution is 7.99. The minimum Gasteiger partial charge on any atom is -0.397 e. The van der Waals surface area contributed by atoms with Gasteiger partial charge in [0.15, 0.2) is 0 Å². The van der Waals surface area contributed by atoms with Gasteiger partial charge in [-0.05, 0) is 43.4 Å². The zero-order chi connectivity index (χ0) is 15.4. The van der Waals surface area contributed by atoms with Gasteiger partial charge >= 0.3 is 0 Å². The predicted molar refractivity (Wildman–Crippen MR) is 95.5 cm³/mol. The van der Waals surface area contributed by atoms with Crippen LogP contribution in [0, 0.1) is 6.92 Å². The van der Waals surface area contributed by atoms with E-state index in [9.17, 15) is 4.79 Å². The number of hydrogen-bond acceptors (Lipinski definition) is 4. The average molecular weight is 322 g/mol. The van der Waals surface area contributed by atoms with Crippen LogP contribution in [0.2, 0.25) is 0 Å². The lowest BCUT2D eigenvalue weighted by Crippen LogP contribution is -2.32. The molecular weight excluding hydrogens is 300 g/mol. The molecule has 2 aromatic rings. The molecule has 1 unspecified atom stereocenters. The molecule has 0 radical (unpaired) electrons. The number of carbonyl (C=O) groups excluding carboxylic acids is 1. The van der Waals surface area contributed by atoms with E-state index in [1.54, 1.807) is 0 Å². The first-order valence-electron chi connectivity index (χ1n) is 7.20. The van der Waals surface area contributed by atoms with Crippen molar-refractivity contribution >= 4 is 44.8 Å². The smallest absolute Gasteiger partial charge is 0.263 e. The molecule has 0 aliphatic rings. The summed E-state index contributed by atoms with van der Waals surface area (Å²) in [4.78, 5) is 13.0. The van der Waals surface area contributed by atoms with Crippen molar-refractivity contribution in [3.8, 4) is 0 Å². The Morgan fingerprint density at radius 3 is 2.95 bits per heavy atom. The first-order valence-corrected chi connectivity index (χ1v) is 9.17. The number of hydrogen-bond donors (Lipinski definition) is 2. The molecule has 0 aliphatic heterocycles. The van der Waals surface area contributed by atoms with E-state index in [0.717, 1.165) is 28.0 Å². The maximum atomic E-state index is 12.4. The van der Waals surface area contributed by atoms with Crippen LogP contribution < -0.4 is 11.1 Å². The second-order valence-corrected chi connectivity index (χ2v) is 7.65. The molecule has 0 bridgehead atoms. The maximum absolute atomic E-state index is 12.4. The second-order valence-electron chi connectivity index (χ2n) is 5.20. The SMILES string of the molecule is CCSCCC(C)NC(=O)c1sc2cc(C)ccc2c1N. The third-order valence-electron chi connectivity index (χ3n) is 3.37. The van der Waals surface area contributed by atoms with Gasteiger partial charge in [-0.15, -0.1) is 11.3 Å². The molecule has 0 saturated heterocycles. The molecule has 0 saturated carbocycles. The Hall–Kier alpha value is -1.20. The zero-order valence-electron chi connectivity index (χ0n) is 12.7. The van der Waals surface area contributed by atoms with Gasteiger partial charge in [0.1, 0.15) is 4.88 Å². The molecule has 1 aromatic carbocycles. The Balaban J connectivity index is 2.10. The number of thioether (sulfide) groups is 1. The summed E-state index contributed by atoms with van der Waals surface area (Å²) in [6.07, 6.45) is 0.980. The van der Waals surface area contributed by atoms with E-state index in [0.29, 0.717) is 10.6 Å². The quantitative estimate of drug-likeness (QED) is 0.789. The first kappa shape index (κ1) is 16.2. The number of amides is 1. The molecule has 0 fully saturated rings. The van der Waals surface area contributed by atoms with Crippen LogP contribution in [0.25, 0.3) is 10.1 Å². The highest BCUT2D eigenvalue weighted by atomic mass is 32.2. The molecule has 3 N–H and O–H groups in total. The van der Waals surface area contributed by atoms with Crippen molar-refractivity contribution in [3.63, 3.8) is 0 Å². The van der Waals surface area contributed by atoms with Crippen LogP contribution in [-0.2, 0) is 0 Å². The fourth-order valence-electron chi connectivity index (χ4n) is 2.16. The van der Waals surface area contributed by atoms with Crippen molar-refractivity contribution in [1.82, 2.24) is 5.32 Å². The number of nitrogen functional groups attached to an aromatic ring is 1. The molecule has 5 heteroatoms. The lowest BCUT2D eigenvalue weighted by Gasteiger charge is -2.12. The lowest BCUT2D eigenvalue weighted by molar-refractivity contribution is 0.0944. The lowest BCUT2D eigenvalue weighted by atomic mass is 10.1. The van der Waals surface area contributed by atoms with Gasteiger partial charge in [0.2, 0.25) is 0 Å². The number of thiophene rings is 1. The van der Waals surface area contributed by atoms with Gasteiger partial charge in [0, 0.05) is 16.1 Å². The summed E-state index contributed by atoms with van der Waals surface area (Å²) < 4.78 is 1.08. The standard InChI is InChI=1S/C16H22N2OS2/c1-4-20-8-7-11(3)18-16(19)15-14(17)12-6-5-10(2)9-13(12)21-15/h5-6,9,11H,4,7-8,17H2,1-3H3,(H,18,19). The van der Waals surface area contributed by atoms with E-state index in [2.05, 4.69) is 18.3 Å². The van der Waals surface area contributed by atoms with E-state index in [1.807, 2.05) is 37.7 Å². The molecule has 2 rings (SSSR count). The molecular formula is C16H22N2OS2. The monoisotopic (exact) mass is 322 g/mol. The normalized spacial score (nSPS) is 12.5. The van der Waals surface area contributed by atoms with Crippen LogP contribution in [0.3, 0.4) is 0 Å². The second kappa shape index (κ2) is 7.18. The third-order valence-corrected chi connectivity index (χ3v) is 5.47. The Kier molecular flexibility index (Phi) is 5.53. The average Bonchev–Trinajstić information content (AvgIpc) is 2.75. The molecule has 0 spiro atoms. The summed E-state index contributed by atoms with van der Waals surface area (Å²) in [5, 5.41) is 4.03. The summed E-state index contributed by atoms with van der Waals surface area (Å²) >= 11 is 3.37. The summed E-state index contributed by atoms with van der Waals surface area (Å²) in [6, 6.07) is 6.27. The fourth-order valence-corrected chi connectivity index (χ4v) is 4.09. The summed E-state index contributed by atoms with van der Waals surface area (Å²) in [7, 11) is 0. The van der Waals surface area contributed by atoms with E-state index in [4.69, 9.17) is 5.73 Å². The van der Waals surface area contributed by atoms with Crippen LogP contribution in [-0.4, -0.2) is 23.5 Å². The van der Waals surface area contributed by atoms with Crippen molar-refractivity contribution in [3.05, 3.63) is 28.6 Å². The highest BCUT2D eigenvalue weighted by Gasteiger charge is 2.17. The first-order chi connectivity index (χ1) is 10.0. The Morgan fingerprint density at radius 1 is 1.48 bits per heavy atom. The molecule has 3 nitrogen and oxygen atoms in total. The number of nitrogens with two attached hydrogens (primary N) is 1. The summed E-state index contributed by atoms with van der Waals surface area (Å²) in [5.41, 5.74) is 7.91. The minimum atomic E-state index is -0.0552. The fraction of sp³-hybridized carbons (Fsp3) is 0.438. The molecule has 114 valence electrons. The largest absolute Gasteiger partial charge is 0.397 e. The van der Waals surface area contributed by atoms with Crippen molar-refractivity contribution in [1.29, 1.82) is 0 Å². The molecule has 1 heterocycles. The predicted octanol–water partition coefficient (Wildman–Crippen LogP) is 4.05. The van der Waals surface area contributed by atoms with Crippen molar-refractivity contribution < 1.29 is 4.79 Å². The van der Waals surface area contributed by atoms with Crippen LogP contribution in [0.5, 0.6) is 0 Å². The minimum absolute atomic E-state index is 0.0552. The topological polar surface area (TPSA) is 55.1 Å². The van der Waals surface area contributed by atoms with E-state index in [-0.39, 0.29) is 11.9 Å². The van der Waals surface area contributed by atoms with Crippen LogP contribution in [0.15, 0.2) is 18.2 Å². The van der Waals surface area contributed by atoms with Crippen molar-refractivity contribution in [2.24, 2.45) is 0 Å². The van der Waals surface area contributed by atoms with Crippen LogP contribution in [0.4, 0.5) is 5.69 Å². The van der Waals surface area contributed by atoms with Crippen LogP contribution in [0.1, 0.15) is 35.5 Å². The van der Waals surface area contributed by atoms with Crippen molar-refractivity contribution in [2.75, 3.05) is 17.2 Å². The van der Waals surface area contributed by atoms with Gasteiger partial charge in [-0.3, -0.25) is 4.79 Å². The van der Waals surface area contributed by atoms with Gasteiger partial charge in [-0.2, -0.15) is 11.8 Å². The third kappa shape index (κ3) is 3.92. The number of fused-ring (bicyclic) bond motifs is 1. The van der Waals surface area contributed by atoms with Gasteiger partial charge in [0.05, 0.1) is 5.69 Å². The van der Waals surface area contributed by atoms with E-state index < -0.39 is 0 Å². The van der Waals surface area contributed by atoms with E-state index in [1.165, 1.54) is 16.9 Å². The number of nitrogens with one attached hydrogen (secondary N) is 1. The number of rotatable bonds is 6. The van der Waals surface area contributed by atoms with Gasteiger partial charge in [0.25, 0.3) is 5.91 Å². The highest BCUT2D eigenvalue weighted by Crippen LogP contribution is 2.34. The number of anilines is 1. The Labute approximate surface area is 134 Å². The summed E-state index contributed by atoms with van der Waals surface area (Å²) in [5.74, 6) is 2.13. The van der Waals surface area contributed by atoms with E-state index >= 15 is 0 Å². The van der Waals surface area contributed by atoms with Gasteiger partial charge < -0.3 is 11.1 Å². The van der Waals surface area contributed by atoms with Gasteiger partial charge in [-0.25, -0.2) is 0 Å². The Bertz CT molecular complexity index is 636.